The van der Waals surface area contributed by atoms with E-state index in [4.69, 9.17) is 13.9 Å². The number of carbonyl (C=O) groups excluding carboxylic acids is 1. The van der Waals surface area contributed by atoms with E-state index < -0.39 is 0 Å². The molecule has 1 unspecified atom stereocenters. The Morgan fingerprint density at radius 2 is 2.25 bits per heavy atom. The number of morpholine rings is 1. The molecule has 1 aromatic heterocycles. The molecular formula is C18H20FNO4. The molecule has 1 aliphatic rings. The first-order chi connectivity index (χ1) is 11.7. The number of carbonyl (C=O) groups is 1. The maximum atomic E-state index is 13.3. The van der Waals surface area contributed by atoms with Crippen molar-refractivity contribution in [3.63, 3.8) is 0 Å². The van der Waals surface area contributed by atoms with Crippen LogP contribution in [0.25, 0.3) is 0 Å². The van der Waals surface area contributed by atoms with Crippen molar-refractivity contribution in [1.82, 2.24) is 4.90 Å². The lowest BCUT2D eigenvalue weighted by Crippen LogP contribution is -2.46. The van der Waals surface area contributed by atoms with E-state index in [2.05, 4.69) is 0 Å². The van der Waals surface area contributed by atoms with Crippen LogP contribution in [-0.4, -0.2) is 43.2 Å². The quantitative estimate of drug-likeness (QED) is 0.844. The minimum absolute atomic E-state index is 0.161. The molecular weight excluding hydrogens is 313 g/mol. The van der Waals surface area contributed by atoms with E-state index in [0.29, 0.717) is 38.7 Å². The van der Waals surface area contributed by atoms with Crippen molar-refractivity contribution in [3.05, 3.63) is 53.5 Å². The summed E-state index contributed by atoms with van der Waals surface area (Å²) < 4.78 is 29.6. The summed E-state index contributed by atoms with van der Waals surface area (Å²) in [4.78, 5) is 14.2. The molecule has 1 amide bonds. The fourth-order valence-corrected chi connectivity index (χ4v) is 2.76. The third-order valence-corrected chi connectivity index (χ3v) is 3.86. The molecule has 2 aromatic rings. The van der Waals surface area contributed by atoms with E-state index in [1.54, 1.807) is 23.1 Å². The van der Waals surface area contributed by atoms with Crippen molar-refractivity contribution < 1.29 is 23.1 Å². The highest BCUT2D eigenvalue weighted by Crippen LogP contribution is 2.20. The van der Waals surface area contributed by atoms with E-state index in [0.717, 1.165) is 5.56 Å². The molecule has 0 aliphatic carbocycles. The predicted octanol–water partition coefficient (Wildman–Crippen LogP) is 2.90. The standard InChI is InChI=1S/C18H20FNO4/c1-2-22-17-7-6-16(24-17)18(21)20-8-9-23-15(12-20)11-13-4-3-5-14(19)10-13/h3-7,10,15H,2,8-9,11-12H2,1H3. The molecule has 128 valence electrons. The van der Waals surface area contributed by atoms with Crippen LogP contribution in [0.3, 0.4) is 0 Å². The molecule has 5 nitrogen and oxygen atoms in total. The molecule has 1 fully saturated rings. The SMILES string of the molecule is CCOc1ccc(C(=O)N2CCOC(Cc3cccc(F)c3)C2)o1. The highest BCUT2D eigenvalue weighted by Gasteiger charge is 2.27. The molecule has 0 radical (unpaired) electrons. The topological polar surface area (TPSA) is 51.9 Å². The Morgan fingerprint density at radius 3 is 3.04 bits per heavy atom. The number of amides is 1. The van der Waals surface area contributed by atoms with Crippen LogP contribution in [0.2, 0.25) is 0 Å². The van der Waals surface area contributed by atoms with Crippen molar-refractivity contribution in [3.8, 4) is 5.95 Å². The molecule has 0 saturated carbocycles. The van der Waals surface area contributed by atoms with Crippen LogP contribution in [0.4, 0.5) is 4.39 Å². The van der Waals surface area contributed by atoms with Gasteiger partial charge in [-0.3, -0.25) is 4.79 Å². The Bertz CT molecular complexity index is 700. The number of rotatable bonds is 5. The van der Waals surface area contributed by atoms with Gasteiger partial charge in [0.15, 0.2) is 5.76 Å². The summed E-state index contributed by atoms with van der Waals surface area (Å²) in [6.45, 7) is 3.73. The lowest BCUT2D eigenvalue weighted by atomic mass is 10.1. The van der Waals surface area contributed by atoms with E-state index >= 15 is 0 Å². The zero-order chi connectivity index (χ0) is 16.9. The van der Waals surface area contributed by atoms with Gasteiger partial charge in [0.2, 0.25) is 0 Å². The fraction of sp³-hybridized carbons (Fsp3) is 0.389. The molecule has 0 spiro atoms. The number of hydrogen-bond donors (Lipinski definition) is 0. The van der Waals surface area contributed by atoms with E-state index in [1.165, 1.54) is 12.1 Å². The molecule has 24 heavy (non-hydrogen) atoms. The van der Waals surface area contributed by atoms with Gasteiger partial charge in [-0.15, -0.1) is 0 Å². The highest BCUT2D eigenvalue weighted by atomic mass is 19.1. The molecule has 6 heteroatoms. The van der Waals surface area contributed by atoms with Crippen molar-refractivity contribution >= 4 is 5.91 Å². The van der Waals surface area contributed by atoms with Gasteiger partial charge in [0.1, 0.15) is 5.82 Å². The summed E-state index contributed by atoms with van der Waals surface area (Å²) in [5.74, 6) is 0.138. The van der Waals surface area contributed by atoms with E-state index in [9.17, 15) is 9.18 Å². The van der Waals surface area contributed by atoms with Crippen molar-refractivity contribution in [2.75, 3.05) is 26.3 Å². The summed E-state index contributed by atoms with van der Waals surface area (Å²) in [5.41, 5.74) is 0.853. The first kappa shape index (κ1) is 16.5. The Labute approximate surface area is 140 Å². The predicted molar refractivity (Wildman–Crippen MR) is 85.6 cm³/mol. The van der Waals surface area contributed by atoms with Gasteiger partial charge in [-0.05, 0) is 30.7 Å². The van der Waals surface area contributed by atoms with Gasteiger partial charge >= 0.3 is 0 Å². The second-order valence-electron chi connectivity index (χ2n) is 5.63. The monoisotopic (exact) mass is 333 g/mol. The maximum absolute atomic E-state index is 13.3. The van der Waals surface area contributed by atoms with Crippen LogP contribution in [0.1, 0.15) is 23.0 Å². The second-order valence-corrected chi connectivity index (χ2v) is 5.63. The van der Waals surface area contributed by atoms with Gasteiger partial charge in [-0.2, -0.15) is 0 Å². The number of halogens is 1. The van der Waals surface area contributed by atoms with Gasteiger partial charge in [0, 0.05) is 25.6 Å². The van der Waals surface area contributed by atoms with Crippen LogP contribution in [0.5, 0.6) is 5.95 Å². The number of furan rings is 1. The van der Waals surface area contributed by atoms with Crippen LogP contribution >= 0.6 is 0 Å². The minimum Gasteiger partial charge on any atom is -0.465 e. The van der Waals surface area contributed by atoms with Gasteiger partial charge in [-0.1, -0.05) is 12.1 Å². The van der Waals surface area contributed by atoms with Gasteiger partial charge in [0.25, 0.3) is 11.9 Å². The first-order valence-corrected chi connectivity index (χ1v) is 8.03. The van der Waals surface area contributed by atoms with Gasteiger partial charge < -0.3 is 18.8 Å². The number of hydrogen-bond acceptors (Lipinski definition) is 4. The molecule has 1 aliphatic heterocycles. The molecule has 3 rings (SSSR count). The Hall–Kier alpha value is -2.34. The summed E-state index contributed by atoms with van der Waals surface area (Å²) >= 11 is 0. The van der Waals surface area contributed by atoms with Crippen molar-refractivity contribution in [2.45, 2.75) is 19.4 Å². The molecule has 2 heterocycles. The van der Waals surface area contributed by atoms with Crippen molar-refractivity contribution in [1.29, 1.82) is 0 Å². The molecule has 0 N–H and O–H groups in total. The Balaban J connectivity index is 1.63. The van der Waals surface area contributed by atoms with E-state index in [-0.39, 0.29) is 23.6 Å². The zero-order valence-corrected chi connectivity index (χ0v) is 13.5. The lowest BCUT2D eigenvalue weighted by Gasteiger charge is -2.32. The van der Waals surface area contributed by atoms with Crippen LogP contribution in [-0.2, 0) is 11.2 Å². The summed E-state index contributed by atoms with van der Waals surface area (Å²) in [5, 5.41) is 0. The number of nitrogens with zero attached hydrogens (tertiary/aromatic N) is 1. The lowest BCUT2D eigenvalue weighted by molar-refractivity contribution is -0.0219. The van der Waals surface area contributed by atoms with E-state index in [1.807, 2.05) is 13.0 Å². The second kappa shape index (κ2) is 7.49. The molecule has 1 saturated heterocycles. The fourth-order valence-electron chi connectivity index (χ4n) is 2.76. The van der Waals surface area contributed by atoms with Gasteiger partial charge in [-0.25, -0.2) is 4.39 Å². The highest BCUT2D eigenvalue weighted by molar-refractivity contribution is 5.91. The maximum Gasteiger partial charge on any atom is 0.289 e. The van der Waals surface area contributed by atoms with Crippen LogP contribution in [0, 0.1) is 5.82 Å². The Kier molecular flexibility index (Phi) is 5.15. The molecule has 0 bridgehead atoms. The molecule has 1 atom stereocenters. The normalized spacial score (nSPS) is 17.8. The summed E-state index contributed by atoms with van der Waals surface area (Å²) in [6, 6.07) is 9.69. The third-order valence-electron chi connectivity index (χ3n) is 3.86. The molecule has 1 aromatic carbocycles. The van der Waals surface area contributed by atoms with Gasteiger partial charge in [0.05, 0.1) is 19.3 Å². The average molecular weight is 333 g/mol. The third kappa shape index (κ3) is 3.94. The average Bonchev–Trinajstić information content (AvgIpc) is 3.03. The zero-order valence-electron chi connectivity index (χ0n) is 13.5. The van der Waals surface area contributed by atoms with Crippen molar-refractivity contribution in [2.24, 2.45) is 0 Å². The number of benzene rings is 1. The van der Waals surface area contributed by atoms with Crippen LogP contribution in [0.15, 0.2) is 40.8 Å². The van der Waals surface area contributed by atoms with Crippen LogP contribution < -0.4 is 4.74 Å². The first-order valence-electron chi connectivity index (χ1n) is 8.03. The largest absolute Gasteiger partial charge is 0.465 e. The smallest absolute Gasteiger partial charge is 0.289 e. The number of ether oxygens (including phenoxy) is 2. The summed E-state index contributed by atoms with van der Waals surface area (Å²) in [6.07, 6.45) is 0.398. The summed E-state index contributed by atoms with van der Waals surface area (Å²) in [7, 11) is 0. The minimum atomic E-state index is -0.268. The Morgan fingerprint density at radius 1 is 1.38 bits per heavy atom.